The van der Waals surface area contributed by atoms with E-state index in [4.69, 9.17) is 11.5 Å². The highest BCUT2D eigenvalue weighted by atomic mass is 16.2. The van der Waals surface area contributed by atoms with E-state index in [-0.39, 0.29) is 24.4 Å². The van der Waals surface area contributed by atoms with Gasteiger partial charge in [0, 0.05) is 19.0 Å². The fraction of sp³-hybridized carbons (Fsp3) is 0.800. The molecule has 1 aliphatic rings. The number of nitrogens with zero attached hydrogens (tertiary/aromatic N) is 1. The van der Waals surface area contributed by atoms with Gasteiger partial charge in [-0.3, -0.25) is 9.59 Å². The molecular weight excluding hydrogens is 194 g/mol. The van der Waals surface area contributed by atoms with E-state index in [9.17, 15) is 9.59 Å². The molecule has 0 bridgehead atoms. The molecule has 5 heteroatoms. The van der Waals surface area contributed by atoms with Crippen molar-refractivity contribution in [3.05, 3.63) is 0 Å². The molecule has 1 fully saturated rings. The van der Waals surface area contributed by atoms with E-state index in [1.54, 1.807) is 7.05 Å². The van der Waals surface area contributed by atoms with Crippen LogP contribution in [0.3, 0.4) is 0 Å². The van der Waals surface area contributed by atoms with Gasteiger partial charge in [0.25, 0.3) is 0 Å². The molecule has 0 radical (unpaired) electrons. The summed E-state index contributed by atoms with van der Waals surface area (Å²) < 4.78 is 0. The van der Waals surface area contributed by atoms with E-state index in [1.807, 2.05) is 0 Å². The molecule has 86 valence electrons. The van der Waals surface area contributed by atoms with Crippen molar-refractivity contribution >= 4 is 11.8 Å². The van der Waals surface area contributed by atoms with Crippen LogP contribution in [0.15, 0.2) is 0 Å². The number of carbonyl (C=O) groups is 2. The van der Waals surface area contributed by atoms with Crippen LogP contribution in [-0.4, -0.2) is 36.3 Å². The summed E-state index contributed by atoms with van der Waals surface area (Å²) in [4.78, 5) is 23.9. The molecule has 4 N–H and O–H groups in total. The van der Waals surface area contributed by atoms with Gasteiger partial charge in [-0.15, -0.1) is 0 Å². The second-order valence-electron chi connectivity index (χ2n) is 4.28. The Morgan fingerprint density at radius 2 is 2.07 bits per heavy atom. The maximum Gasteiger partial charge on any atom is 0.237 e. The van der Waals surface area contributed by atoms with Crippen LogP contribution >= 0.6 is 0 Å². The lowest BCUT2D eigenvalue weighted by Gasteiger charge is -2.28. The summed E-state index contributed by atoms with van der Waals surface area (Å²) >= 11 is 0. The highest BCUT2D eigenvalue weighted by Crippen LogP contribution is 2.24. The van der Waals surface area contributed by atoms with Crippen molar-refractivity contribution in [2.45, 2.75) is 31.7 Å². The van der Waals surface area contributed by atoms with Gasteiger partial charge in [0.2, 0.25) is 11.8 Å². The summed E-state index contributed by atoms with van der Waals surface area (Å²) in [5, 5.41) is 0. The minimum absolute atomic E-state index is 0.00935. The molecule has 1 rings (SSSR count). The van der Waals surface area contributed by atoms with Crippen molar-refractivity contribution < 1.29 is 9.59 Å². The van der Waals surface area contributed by atoms with Gasteiger partial charge in [-0.25, -0.2) is 0 Å². The van der Waals surface area contributed by atoms with E-state index in [0.717, 1.165) is 25.7 Å². The number of rotatable bonds is 3. The van der Waals surface area contributed by atoms with E-state index in [0.29, 0.717) is 0 Å². The molecule has 0 aliphatic heterocycles. The predicted molar refractivity (Wildman–Crippen MR) is 56.8 cm³/mol. The minimum Gasteiger partial charge on any atom is -0.368 e. The van der Waals surface area contributed by atoms with Gasteiger partial charge in [0.05, 0.1) is 6.54 Å². The standard InChI is InChI=1S/C10H19N3O2/c1-13(6-9(12)14)10(15)7-3-2-4-8(11)5-7/h7-8H,2-6,11H2,1H3,(H2,12,14). The molecule has 2 amide bonds. The number of primary amides is 1. The first-order chi connectivity index (χ1) is 7.00. The zero-order chi connectivity index (χ0) is 11.4. The predicted octanol–water partition coefficient (Wildman–Crippen LogP) is -0.552. The van der Waals surface area contributed by atoms with Crippen LogP contribution in [0, 0.1) is 5.92 Å². The van der Waals surface area contributed by atoms with Gasteiger partial charge >= 0.3 is 0 Å². The Morgan fingerprint density at radius 1 is 1.40 bits per heavy atom. The van der Waals surface area contributed by atoms with Crippen LogP contribution in [0.5, 0.6) is 0 Å². The van der Waals surface area contributed by atoms with Crippen molar-refractivity contribution in [1.29, 1.82) is 0 Å². The average molecular weight is 213 g/mol. The first-order valence-electron chi connectivity index (χ1n) is 5.29. The van der Waals surface area contributed by atoms with Crippen LogP contribution in [0.4, 0.5) is 0 Å². The Labute approximate surface area is 89.8 Å². The van der Waals surface area contributed by atoms with Crippen LogP contribution in [0.1, 0.15) is 25.7 Å². The lowest BCUT2D eigenvalue weighted by Crippen LogP contribution is -2.42. The summed E-state index contributed by atoms with van der Waals surface area (Å²) in [5.41, 5.74) is 10.8. The van der Waals surface area contributed by atoms with Gasteiger partial charge in [-0.1, -0.05) is 6.42 Å². The summed E-state index contributed by atoms with van der Waals surface area (Å²) in [6, 6.07) is 0.120. The molecule has 1 saturated carbocycles. The molecule has 0 aromatic rings. The highest BCUT2D eigenvalue weighted by Gasteiger charge is 2.27. The maximum absolute atomic E-state index is 11.8. The third-order valence-corrected chi connectivity index (χ3v) is 2.83. The Bertz CT molecular complexity index is 255. The SMILES string of the molecule is CN(CC(N)=O)C(=O)C1CCCC(N)C1. The zero-order valence-electron chi connectivity index (χ0n) is 9.11. The third kappa shape index (κ3) is 3.51. The number of hydrogen-bond donors (Lipinski definition) is 2. The Balaban J connectivity index is 2.47. The quantitative estimate of drug-likeness (QED) is 0.659. The molecule has 15 heavy (non-hydrogen) atoms. The largest absolute Gasteiger partial charge is 0.368 e. The van der Waals surface area contributed by atoms with E-state index in [1.165, 1.54) is 4.90 Å². The van der Waals surface area contributed by atoms with Crippen molar-refractivity contribution in [3.8, 4) is 0 Å². The first kappa shape index (κ1) is 12.0. The smallest absolute Gasteiger partial charge is 0.237 e. The number of amides is 2. The normalized spacial score (nSPS) is 26.0. The van der Waals surface area contributed by atoms with E-state index >= 15 is 0 Å². The Morgan fingerprint density at radius 3 is 2.60 bits per heavy atom. The topological polar surface area (TPSA) is 89.4 Å². The van der Waals surface area contributed by atoms with Gasteiger partial charge in [-0.05, 0) is 19.3 Å². The number of hydrogen-bond acceptors (Lipinski definition) is 3. The second-order valence-corrected chi connectivity index (χ2v) is 4.28. The molecular formula is C10H19N3O2. The summed E-state index contributed by atoms with van der Waals surface area (Å²) in [7, 11) is 1.60. The monoisotopic (exact) mass is 213 g/mol. The molecule has 1 aliphatic carbocycles. The zero-order valence-corrected chi connectivity index (χ0v) is 9.11. The van der Waals surface area contributed by atoms with Gasteiger partial charge in [0.1, 0.15) is 0 Å². The Hall–Kier alpha value is -1.10. The summed E-state index contributed by atoms with van der Waals surface area (Å²) in [6.07, 6.45) is 3.57. The molecule has 2 unspecified atom stereocenters. The van der Waals surface area contributed by atoms with Crippen molar-refractivity contribution in [3.63, 3.8) is 0 Å². The maximum atomic E-state index is 11.8. The van der Waals surface area contributed by atoms with Crippen LogP contribution in [0.2, 0.25) is 0 Å². The fourth-order valence-corrected chi connectivity index (χ4v) is 2.08. The van der Waals surface area contributed by atoms with Crippen molar-refractivity contribution in [1.82, 2.24) is 4.90 Å². The van der Waals surface area contributed by atoms with Crippen LogP contribution < -0.4 is 11.5 Å². The van der Waals surface area contributed by atoms with Gasteiger partial charge in [-0.2, -0.15) is 0 Å². The third-order valence-electron chi connectivity index (χ3n) is 2.83. The Kier molecular flexibility index (Phi) is 4.08. The summed E-state index contributed by atoms with van der Waals surface area (Å²) in [6.45, 7) is -0.00935. The molecule has 0 spiro atoms. The van der Waals surface area contributed by atoms with Gasteiger partial charge in [0.15, 0.2) is 0 Å². The molecule has 2 atom stereocenters. The molecule has 0 aromatic carbocycles. The molecule has 5 nitrogen and oxygen atoms in total. The highest BCUT2D eigenvalue weighted by molar-refractivity contribution is 5.84. The van der Waals surface area contributed by atoms with Crippen molar-refractivity contribution in [2.75, 3.05) is 13.6 Å². The average Bonchev–Trinajstić information content (AvgIpc) is 2.15. The number of nitrogens with two attached hydrogens (primary N) is 2. The fourth-order valence-electron chi connectivity index (χ4n) is 2.08. The first-order valence-corrected chi connectivity index (χ1v) is 5.29. The summed E-state index contributed by atoms with van der Waals surface area (Å²) in [5.74, 6) is -0.520. The van der Waals surface area contributed by atoms with Crippen LogP contribution in [0.25, 0.3) is 0 Å². The lowest BCUT2D eigenvalue weighted by molar-refractivity contribution is -0.138. The number of carbonyl (C=O) groups excluding carboxylic acids is 2. The molecule has 0 heterocycles. The molecule has 0 aromatic heterocycles. The van der Waals surface area contributed by atoms with E-state index in [2.05, 4.69) is 0 Å². The lowest BCUT2D eigenvalue weighted by atomic mass is 9.85. The van der Waals surface area contributed by atoms with Crippen LogP contribution in [-0.2, 0) is 9.59 Å². The van der Waals surface area contributed by atoms with Gasteiger partial charge < -0.3 is 16.4 Å². The van der Waals surface area contributed by atoms with Crippen molar-refractivity contribution in [2.24, 2.45) is 17.4 Å². The van der Waals surface area contributed by atoms with E-state index < -0.39 is 5.91 Å². The number of likely N-dealkylation sites (N-methyl/N-ethyl adjacent to an activating group) is 1. The second kappa shape index (κ2) is 5.11. The molecule has 0 saturated heterocycles. The minimum atomic E-state index is -0.481.